The maximum Gasteiger partial charge on any atom is 0.355 e. The second-order valence-electron chi connectivity index (χ2n) is 3.18. The van der Waals surface area contributed by atoms with E-state index in [4.69, 9.17) is 5.11 Å². The third-order valence-electron chi connectivity index (χ3n) is 1.95. The summed E-state index contributed by atoms with van der Waals surface area (Å²) in [4.78, 5) is 27.0. The van der Waals surface area contributed by atoms with Gasteiger partial charge in [0, 0.05) is 12.4 Å². The lowest BCUT2D eigenvalue weighted by atomic mass is 10.3. The Morgan fingerprint density at radius 2 is 2.12 bits per heavy atom. The van der Waals surface area contributed by atoms with E-state index in [-0.39, 0.29) is 11.5 Å². The minimum Gasteiger partial charge on any atom is -0.476 e. The standard InChI is InChI=1S/C10H7BrN4O2/c1-5-12-3-2-7(14-5)9-13-4-6(11)8(15-9)10(16)17/h2-4H,1H3,(H,16,17). The quantitative estimate of drug-likeness (QED) is 0.907. The first kappa shape index (κ1) is 11.6. The highest BCUT2D eigenvalue weighted by molar-refractivity contribution is 9.10. The zero-order chi connectivity index (χ0) is 12.4. The van der Waals surface area contributed by atoms with Crippen LogP contribution in [-0.2, 0) is 0 Å². The Morgan fingerprint density at radius 1 is 1.35 bits per heavy atom. The van der Waals surface area contributed by atoms with Crippen molar-refractivity contribution < 1.29 is 9.90 Å². The summed E-state index contributed by atoms with van der Waals surface area (Å²) in [5, 5.41) is 8.94. The molecule has 0 saturated carbocycles. The van der Waals surface area contributed by atoms with E-state index < -0.39 is 5.97 Å². The second-order valence-corrected chi connectivity index (χ2v) is 4.04. The molecule has 0 fully saturated rings. The Hall–Kier alpha value is -1.89. The number of aromatic nitrogens is 4. The number of nitrogens with zero attached hydrogens (tertiary/aromatic N) is 4. The lowest BCUT2D eigenvalue weighted by Gasteiger charge is -2.02. The highest BCUT2D eigenvalue weighted by Gasteiger charge is 2.13. The van der Waals surface area contributed by atoms with Crippen LogP contribution >= 0.6 is 15.9 Å². The molecular formula is C10H7BrN4O2. The number of carboxylic acid groups (broad SMARTS) is 1. The largest absolute Gasteiger partial charge is 0.476 e. The van der Waals surface area contributed by atoms with Gasteiger partial charge >= 0.3 is 5.97 Å². The fraction of sp³-hybridized carbons (Fsp3) is 0.100. The van der Waals surface area contributed by atoms with Crippen LogP contribution < -0.4 is 0 Å². The van der Waals surface area contributed by atoms with E-state index in [0.29, 0.717) is 16.0 Å². The first-order chi connectivity index (χ1) is 8.08. The average Bonchev–Trinajstić information content (AvgIpc) is 2.29. The number of aromatic carboxylic acids is 1. The predicted molar refractivity (Wildman–Crippen MR) is 62.5 cm³/mol. The van der Waals surface area contributed by atoms with E-state index in [1.807, 2.05) is 0 Å². The summed E-state index contributed by atoms with van der Waals surface area (Å²) in [6, 6.07) is 1.63. The number of aryl methyl sites for hydroxylation is 1. The van der Waals surface area contributed by atoms with Gasteiger partial charge in [-0.05, 0) is 28.9 Å². The highest BCUT2D eigenvalue weighted by atomic mass is 79.9. The molecule has 0 amide bonds. The maximum atomic E-state index is 10.9. The molecule has 0 saturated heterocycles. The van der Waals surface area contributed by atoms with Gasteiger partial charge in [-0.2, -0.15) is 0 Å². The fourth-order valence-electron chi connectivity index (χ4n) is 1.22. The Bertz CT molecular complexity index is 588. The van der Waals surface area contributed by atoms with Crippen LogP contribution in [0, 0.1) is 6.92 Å². The Morgan fingerprint density at radius 3 is 2.76 bits per heavy atom. The number of halogens is 1. The molecule has 86 valence electrons. The lowest BCUT2D eigenvalue weighted by molar-refractivity contribution is 0.0689. The first-order valence-corrected chi connectivity index (χ1v) is 5.43. The molecule has 1 N–H and O–H groups in total. The number of carbonyl (C=O) groups is 1. The van der Waals surface area contributed by atoms with Crippen LogP contribution in [0.25, 0.3) is 11.5 Å². The molecule has 6 nitrogen and oxygen atoms in total. The van der Waals surface area contributed by atoms with Gasteiger partial charge in [0.2, 0.25) is 0 Å². The molecule has 2 heterocycles. The van der Waals surface area contributed by atoms with Crippen molar-refractivity contribution >= 4 is 21.9 Å². The van der Waals surface area contributed by atoms with Gasteiger partial charge in [0.25, 0.3) is 0 Å². The molecular weight excluding hydrogens is 288 g/mol. The van der Waals surface area contributed by atoms with E-state index in [0.717, 1.165) is 0 Å². The fourth-order valence-corrected chi connectivity index (χ4v) is 1.58. The summed E-state index contributed by atoms with van der Waals surface area (Å²) in [6.45, 7) is 1.74. The van der Waals surface area contributed by atoms with E-state index in [1.54, 1.807) is 19.2 Å². The van der Waals surface area contributed by atoms with Gasteiger partial charge in [-0.25, -0.2) is 24.7 Å². The van der Waals surface area contributed by atoms with Gasteiger partial charge < -0.3 is 5.11 Å². The minimum absolute atomic E-state index is 0.0914. The van der Waals surface area contributed by atoms with Gasteiger partial charge in [0.05, 0.1) is 4.47 Å². The highest BCUT2D eigenvalue weighted by Crippen LogP contribution is 2.17. The van der Waals surface area contributed by atoms with Crippen molar-refractivity contribution in [2.45, 2.75) is 6.92 Å². The SMILES string of the molecule is Cc1nccc(-c2ncc(Br)c(C(=O)O)n2)n1. The van der Waals surface area contributed by atoms with Crippen LogP contribution in [0.15, 0.2) is 22.9 Å². The topological polar surface area (TPSA) is 88.9 Å². The van der Waals surface area contributed by atoms with Crippen molar-refractivity contribution in [1.82, 2.24) is 19.9 Å². The third kappa shape index (κ3) is 2.44. The molecule has 0 spiro atoms. The molecule has 2 rings (SSSR count). The van der Waals surface area contributed by atoms with Crippen molar-refractivity contribution in [3.05, 3.63) is 34.5 Å². The maximum absolute atomic E-state index is 10.9. The molecule has 17 heavy (non-hydrogen) atoms. The van der Waals surface area contributed by atoms with E-state index >= 15 is 0 Å². The summed E-state index contributed by atoms with van der Waals surface area (Å²) in [7, 11) is 0. The lowest BCUT2D eigenvalue weighted by Crippen LogP contribution is -2.05. The van der Waals surface area contributed by atoms with Crippen molar-refractivity contribution in [3.63, 3.8) is 0 Å². The average molecular weight is 295 g/mol. The first-order valence-electron chi connectivity index (χ1n) is 4.64. The Balaban J connectivity index is 2.54. The van der Waals surface area contributed by atoms with Crippen molar-refractivity contribution in [3.8, 4) is 11.5 Å². The summed E-state index contributed by atoms with van der Waals surface area (Å²) >= 11 is 3.08. The molecule has 0 aromatic carbocycles. The summed E-state index contributed by atoms with van der Waals surface area (Å²) in [6.07, 6.45) is 2.97. The smallest absolute Gasteiger partial charge is 0.355 e. The summed E-state index contributed by atoms with van der Waals surface area (Å²) in [5.74, 6) is -0.284. The number of hydrogen-bond donors (Lipinski definition) is 1. The molecule has 0 aliphatic heterocycles. The van der Waals surface area contributed by atoms with E-state index in [9.17, 15) is 4.79 Å². The van der Waals surface area contributed by atoms with Gasteiger partial charge in [-0.3, -0.25) is 0 Å². The van der Waals surface area contributed by atoms with Crippen LogP contribution in [0.1, 0.15) is 16.3 Å². The summed E-state index contributed by atoms with van der Waals surface area (Å²) < 4.78 is 0.333. The van der Waals surface area contributed by atoms with Crippen LogP contribution in [0.5, 0.6) is 0 Å². The molecule has 0 atom stereocenters. The van der Waals surface area contributed by atoms with Crippen LogP contribution in [-0.4, -0.2) is 31.0 Å². The Labute approximate surface area is 105 Å². The molecule has 0 aliphatic carbocycles. The monoisotopic (exact) mass is 294 g/mol. The van der Waals surface area contributed by atoms with Gasteiger partial charge in [0.1, 0.15) is 11.5 Å². The molecule has 0 unspecified atom stereocenters. The Kier molecular flexibility index (Phi) is 3.10. The molecule has 0 aliphatic rings. The molecule has 7 heteroatoms. The van der Waals surface area contributed by atoms with Gasteiger partial charge in [-0.15, -0.1) is 0 Å². The zero-order valence-corrected chi connectivity index (χ0v) is 10.3. The number of hydrogen-bond acceptors (Lipinski definition) is 5. The zero-order valence-electron chi connectivity index (χ0n) is 8.75. The van der Waals surface area contributed by atoms with Crippen LogP contribution in [0.3, 0.4) is 0 Å². The second kappa shape index (κ2) is 4.54. The van der Waals surface area contributed by atoms with E-state index in [2.05, 4.69) is 35.9 Å². The van der Waals surface area contributed by atoms with Crippen molar-refractivity contribution in [2.75, 3.05) is 0 Å². The normalized spacial score (nSPS) is 10.2. The molecule has 0 bridgehead atoms. The molecule has 0 radical (unpaired) electrons. The minimum atomic E-state index is -1.12. The number of rotatable bonds is 2. The van der Waals surface area contributed by atoms with Crippen LogP contribution in [0.2, 0.25) is 0 Å². The van der Waals surface area contributed by atoms with E-state index in [1.165, 1.54) is 6.20 Å². The van der Waals surface area contributed by atoms with Crippen molar-refractivity contribution in [1.29, 1.82) is 0 Å². The van der Waals surface area contributed by atoms with Crippen LogP contribution in [0.4, 0.5) is 0 Å². The third-order valence-corrected chi connectivity index (χ3v) is 2.53. The van der Waals surface area contributed by atoms with Gasteiger partial charge in [-0.1, -0.05) is 0 Å². The predicted octanol–water partition coefficient (Wildman–Crippen LogP) is 1.70. The number of carboxylic acids is 1. The molecule has 2 aromatic heterocycles. The molecule has 2 aromatic rings. The van der Waals surface area contributed by atoms with Gasteiger partial charge in [0.15, 0.2) is 11.5 Å². The van der Waals surface area contributed by atoms with Crippen molar-refractivity contribution in [2.24, 2.45) is 0 Å². The summed E-state index contributed by atoms with van der Waals surface area (Å²) in [5.41, 5.74) is 0.402.